The maximum atomic E-state index is 5.22. The number of hydrogen-bond acceptors (Lipinski definition) is 1. The van der Waals surface area contributed by atoms with E-state index in [-0.39, 0.29) is 6.04 Å². The van der Waals surface area contributed by atoms with E-state index < -0.39 is 0 Å². The second-order valence-corrected chi connectivity index (χ2v) is 3.19. The van der Waals surface area contributed by atoms with Crippen molar-refractivity contribution in [3.05, 3.63) is 0 Å². The molecule has 0 saturated carbocycles. The Balaban J connectivity index is 3.31. The lowest BCUT2D eigenvalue weighted by atomic mass is 10.1. The molecular formula is C10H19N. The topological polar surface area (TPSA) is 12.0 Å². The second-order valence-electron chi connectivity index (χ2n) is 3.19. The van der Waals surface area contributed by atoms with E-state index in [2.05, 4.69) is 25.1 Å². The van der Waals surface area contributed by atoms with E-state index in [1.54, 1.807) is 0 Å². The monoisotopic (exact) mass is 153 g/mol. The molecule has 0 heterocycles. The highest BCUT2D eigenvalue weighted by Gasteiger charge is 2.01. The summed E-state index contributed by atoms with van der Waals surface area (Å²) in [6.07, 6.45) is 7.76. The van der Waals surface area contributed by atoms with Crippen molar-refractivity contribution < 1.29 is 0 Å². The molecule has 1 heteroatoms. The summed E-state index contributed by atoms with van der Waals surface area (Å²) in [4.78, 5) is 0. The molecule has 64 valence electrons. The van der Waals surface area contributed by atoms with Crippen LogP contribution < -0.4 is 5.32 Å². The van der Waals surface area contributed by atoms with E-state index in [0.29, 0.717) is 0 Å². The number of terminal acetylenes is 1. The van der Waals surface area contributed by atoms with Crippen LogP contribution >= 0.6 is 0 Å². The Labute approximate surface area is 70.6 Å². The minimum Gasteiger partial charge on any atom is -0.304 e. The van der Waals surface area contributed by atoms with E-state index in [4.69, 9.17) is 6.42 Å². The molecule has 0 aliphatic carbocycles. The predicted octanol–water partition coefficient (Wildman–Crippen LogP) is 2.03. The van der Waals surface area contributed by atoms with Crippen molar-refractivity contribution in [3.63, 3.8) is 0 Å². The third-order valence-electron chi connectivity index (χ3n) is 1.80. The summed E-state index contributed by atoms with van der Waals surface area (Å²) in [5.41, 5.74) is 0. The first kappa shape index (κ1) is 10.5. The van der Waals surface area contributed by atoms with Gasteiger partial charge in [-0.3, -0.25) is 0 Å². The molecule has 0 spiro atoms. The molecule has 2 unspecified atom stereocenters. The fourth-order valence-electron chi connectivity index (χ4n) is 1.03. The average molecular weight is 153 g/mol. The molecule has 0 amide bonds. The van der Waals surface area contributed by atoms with E-state index in [0.717, 1.165) is 12.5 Å². The molecule has 0 aliphatic heterocycles. The van der Waals surface area contributed by atoms with Crippen LogP contribution in [0.3, 0.4) is 0 Å². The average Bonchev–Trinajstić information content (AvgIpc) is 2.01. The number of hydrogen-bond donors (Lipinski definition) is 1. The molecule has 0 aromatic heterocycles. The van der Waals surface area contributed by atoms with Crippen molar-refractivity contribution in [2.24, 2.45) is 5.92 Å². The quantitative estimate of drug-likeness (QED) is 0.596. The van der Waals surface area contributed by atoms with Gasteiger partial charge >= 0.3 is 0 Å². The molecular weight excluding hydrogens is 134 g/mol. The molecule has 11 heavy (non-hydrogen) atoms. The Hall–Kier alpha value is -0.480. The molecule has 0 aromatic rings. The van der Waals surface area contributed by atoms with Crippen molar-refractivity contribution in [3.8, 4) is 12.3 Å². The zero-order chi connectivity index (χ0) is 8.69. The van der Waals surface area contributed by atoms with Crippen LogP contribution in [0.5, 0.6) is 0 Å². The summed E-state index contributed by atoms with van der Waals surface area (Å²) in [6.45, 7) is 7.51. The van der Waals surface area contributed by atoms with Gasteiger partial charge in [-0.1, -0.05) is 26.2 Å². The molecule has 2 atom stereocenters. The Kier molecular flexibility index (Phi) is 5.97. The van der Waals surface area contributed by atoms with E-state index in [1.807, 2.05) is 6.92 Å². The predicted molar refractivity (Wildman–Crippen MR) is 50.4 cm³/mol. The first-order valence-electron chi connectivity index (χ1n) is 4.40. The highest BCUT2D eigenvalue weighted by atomic mass is 14.9. The third-order valence-corrected chi connectivity index (χ3v) is 1.80. The highest BCUT2D eigenvalue weighted by molar-refractivity contribution is 4.95. The van der Waals surface area contributed by atoms with E-state index in [9.17, 15) is 0 Å². The molecule has 0 bridgehead atoms. The lowest BCUT2D eigenvalue weighted by Crippen LogP contribution is -2.28. The normalized spacial score (nSPS) is 15.5. The van der Waals surface area contributed by atoms with Crippen LogP contribution in [0.2, 0.25) is 0 Å². The largest absolute Gasteiger partial charge is 0.304 e. The van der Waals surface area contributed by atoms with Gasteiger partial charge < -0.3 is 5.32 Å². The van der Waals surface area contributed by atoms with Crippen LogP contribution in [0, 0.1) is 18.3 Å². The zero-order valence-corrected chi connectivity index (χ0v) is 7.85. The van der Waals surface area contributed by atoms with Crippen LogP contribution in [-0.4, -0.2) is 12.6 Å². The van der Waals surface area contributed by atoms with Crippen molar-refractivity contribution in [2.75, 3.05) is 6.54 Å². The Morgan fingerprint density at radius 3 is 2.55 bits per heavy atom. The summed E-state index contributed by atoms with van der Waals surface area (Å²) in [6, 6.07) is 0.217. The standard InChI is InChI=1S/C10H19N/c1-5-7-9(3)8-11-10(4)6-2/h2,9-11H,5,7-8H2,1,3-4H3. The van der Waals surface area contributed by atoms with E-state index >= 15 is 0 Å². The number of rotatable bonds is 5. The van der Waals surface area contributed by atoms with Crippen LogP contribution in [0.15, 0.2) is 0 Å². The molecule has 1 nitrogen and oxygen atoms in total. The van der Waals surface area contributed by atoms with Gasteiger partial charge in [-0.2, -0.15) is 0 Å². The Morgan fingerprint density at radius 2 is 2.09 bits per heavy atom. The van der Waals surface area contributed by atoms with Crippen molar-refractivity contribution in [2.45, 2.75) is 39.7 Å². The fraction of sp³-hybridized carbons (Fsp3) is 0.800. The summed E-state index contributed by atoms with van der Waals surface area (Å²) < 4.78 is 0. The Bertz CT molecular complexity index is 123. The maximum absolute atomic E-state index is 5.22. The summed E-state index contributed by atoms with van der Waals surface area (Å²) >= 11 is 0. The Morgan fingerprint density at radius 1 is 1.45 bits per heavy atom. The van der Waals surface area contributed by atoms with E-state index in [1.165, 1.54) is 12.8 Å². The molecule has 0 fully saturated rings. The SMILES string of the molecule is C#CC(C)NCC(C)CCC. The molecule has 0 radical (unpaired) electrons. The molecule has 0 aromatic carbocycles. The van der Waals surface area contributed by atoms with Gasteiger partial charge in [-0.15, -0.1) is 6.42 Å². The lowest BCUT2D eigenvalue weighted by Gasteiger charge is -2.12. The lowest BCUT2D eigenvalue weighted by molar-refractivity contribution is 0.466. The third kappa shape index (κ3) is 5.94. The van der Waals surface area contributed by atoms with Crippen molar-refractivity contribution >= 4 is 0 Å². The fourth-order valence-corrected chi connectivity index (χ4v) is 1.03. The molecule has 1 N–H and O–H groups in total. The van der Waals surface area contributed by atoms with Crippen LogP contribution in [-0.2, 0) is 0 Å². The minimum absolute atomic E-state index is 0.217. The van der Waals surface area contributed by atoms with Gasteiger partial charge in [0.15, 0.2) is 0 Å². The first-order valence-corrected chi connectivity index (χ1v) is 4.40. The van der Waals surface area contributed by atoms with Gasteiger partial charge in [-0.05, 0) is 25.8 Å². The van der Waals surface area contributed by atoms with Gasteiger partial charge in [0.2, 0.25) is 0 Å². The van der Waals surface area contributed by atoms with Gasteiger partial charge in [-0.25, -0.2) is 0 Å². The summed E-state index contributed by atoms with van der Waals surface area (Å²) in [5.74, 6) is 3.40. The van der Waals surface area contributed by atoms with Gasteiger partial charge in [0.05, 0.1) is 6.04 Å². The minimum atomic E-state index is 0.217. The molecule has 0 rings (SSSR count). The molecule has 0 saturated heterocycles. The van der Waals surface area contributed by atoms with Crippen LogP contribution in [0.25, 0.3) is 0 Å². The van der Waals surface area contributed by atoms with Crippen LogP contribution in [0.4, 0.5) is 0 Å². The van der Waals surface area contributed by atoms with Crippen LogP contribution in [0.1, 0.15) is 33.6 Å². The second kappa shape index (κ2) is 6.24. The van der Waals surface area contributed by atoms with Crippen molar-refractivity contribution in [1.82, 2.24) is 5.32 Å². The van der Waals surface area contributed by atoms with Crippen molar-refractivity contribution in [1.29, 1.82) is 0 Å². The summed E-state index contributed by atoms with van der Waals surface area (Å²) in [7, 11) is 0. The zero-order valence-electron chi connectivity index (χ0n) is 7.85. The van der Waals surface area contributed by atoms with Gasteiger partial charge in [0.1, 0.15) is 0 Å². The smallest absolute Gasteiger partial charge is 0.0658 e. The van der Waals surface area contributed by atoms with Gasteiger partial charge in [0.25, 0.3) is 0 Å². The number of nitrogens with one attached hydrogen (secondary N) is 1. The maximum Gasteiger partial charge on any atom is 0.0658 e. The first-order chi connectivity index (χ1) is 5.20. The molecule has 0 aliphatic rings. The van der Waals surface area contributed by atoms with Gasteiger partial charge in [0, 0.05) is 0 Å². The summed E-state index contributed by atoms with van der Waals surface area (Å²) in [5, 5.41) is 3.28. The highest BCUT2D eigenvalue weighted by Crippen LogP contribution is 2.02.